The van der Waals surface area contributed by atoms with Crippen LogP contribution in [0, 0.1) is 0 Å². The number of aliphatic hydroxyl groups excluding tert-OH is 1. The second-order valence-corrected chi connectivity index (χ2v) is 6.40. The number of carbonyl (C=O) groups is 1. The molecule has 1 aliphatic heterocycles. The van der Waals surface area contributed by atoms with Gasteiger partial charge in [-0.1, -0.05) is 12.8 Å². The Morgan fingerprint density at radius 1 is 1.33 bits per heavy atom. The lowest BCUT2D eigenvalue weighted by molar-refractivity contribution is -0.155. The van der Waals surface area contributed by atoms with E-state index in [9.17, 15) is 4.79 Å². The molecule has 1 heterocycles. The first kappa shape index (κ1) is 13.8. The van der Waals surface area contributed by atoms with E-state index in [-0.39, 0.29) is 24.1 Å². The standard InChI is InChI=1S/C14H26N2O2/c1-14(2)10-15(3)12(8-9-17)13(18)16(14)11-6-4-5-7-11/h11-12,17H,4-10H2,1-3H3. The minimum absolute atomic E-state index is 0.0830. The highest BCUT2D eigenvalue weighted by molar-refractivity contribution is 5.84. The molecular formula is C14H26N2O2. The van der Waals surface area contributed by atoms with Crippen LogP contribution in [0.2, 0.25) is 0 Å². The van der Waals surface area contributed by atoms with Crippen molar-refractivity contribution in [3.05, 3.63) is 0 Å². The molecular weight excluding hydrogens is 228 g/mol. The Morgan fingerprint density at radius 3 is 2.50 bits per heavy atom. The molecule has 2 rings (SSSR count). The summed E-state index contributed by atoms with van der Waals surface area (Å²) in [6.07, 6.45) is 5.32. The molecule has 18 heavy (non-hydrogen) atoms. The molecule has 4 nitrogen and oxygen atoms in total. The Balaban J connectivity index is 2.20. The van der Waals surface area contributed by atoms with Crippen LogP contribution in [0.15, 0.2) is 0 Å². The van der Waals surface area contributed by atoms with E-state index in [4.69, 9.17) is 5.11 Å². The van der Waals surface area contributed by atoms with Gasteiger partial charge < -0.3 is 10.0 Å². The summed E-state index contributed by atoms with van der Waals surface area (Å²) in [6, 6.07) is 0.283. The van der Waals surface area contributed by atoms with Gasteiger partial charge in [0.25, 0.3) is 0 Å². The number of hydrogen-bond acceptors (Lipinski definition) is 3. The third-order valence-electron chi connectivity index (χ3n) is 4.44. The maximum Gasteiger partial charge on any atom is 0.240 e. The Labute approximate surface area is 110 Å². The van der Waals surface area contributed by atoms with E-state index in [2.05, 4.69) is 23.6 Å². The molecule has 2 fully saturated rings. The minimum atomic E-state index is -0.136. The molecule has 104 valence electrons. The number of rotatable bonds is 3. The molecule has 4 heteroatoms. The van der Waals surface area contributed by atoms with Crippen LogP contribution in [0.25, 0.3) is 0 Å². The summed E-state index contributed by atoms with van der Waals surface area (Å²) >= 11 is 0. The highest BCUT2D eigenvalue weighted by Crippen LogP contribution is 2.34. The Morgan fingerprint density at radius 2 is 1.94 bits per heavy atom. The molecule has 1 saturated heterocycles. The normalized spacial score (nSPS) is 30.1. The van der Waals surface area contributed by atoms with Crippen molar-refractivity contribution in [2.75, 3.05) is 20.2 Å². The highest BCUT2D eigenvalue weighted by Gasteiger charge is 2.46. The van der Waals surface area contributed by atoms with E-state index in [0.29, 0.717) is 12.5 Å². The molecule has 1 aliphatic carbocycles. The fourth-order valence-electron chi connectivity index (χ4n) is 3.75. The highest BCUT2D eigenvalue weighted by atomic mass is 16.3. The van der Waals surface area contributed by atoms with Crippen LogP contribution in [0.5, 0.6) is 0 Å². The summed E-state index contributed by atoms with van der Waals surface area (Å²) in [7, 11) is 1.99. The van der Waals surface area contributed by atoms with Gasteiger partial charge in [0.05, 0.1) is 11.6 Å². The summed E-state index contributed by atoms with van der Waals surface area (Å²) in [4.78, 5) is 16.9. The zero-order valence-electron chi connectivity index (χ0n) is 11.9. The van der Waals surface area contributed by atoms with Gasteiger partial charge in [0.2, 0.25) is 5.91 Å². The quantitative estimate of drug-likeness (QED) is 0.824. The molecule has 0 spiro atoms. The van der Waals surface area contributed by atoms with Crippen LogP contribution in [-0.2, 0) is 4.79 Å². The molecule has 0 aromatic carbocycles. The molecule has 0 aromatic rings. The molecule has 0 aromatic heterocycles. The van der Waals surface area contributed by atoms with Gasteiger partial charge in [-0.25, -0.2) is 0 Å². The average molecular weight is 254 g/mol. The fourth-order valence-corrected chi connectivity index (χ4v) is 3.75. The third-order valence-corrected chi connectivity index (χ3v) is 4.44. The molecule has 2 aliphatic rings. The van der Waals surface area contributed by atoms with Crippen LogP contribution >= 0.6 is 0 Å². The number of piperazine rings is 1. The van der Waals surface area contributed by atoms with Crippen molar-refractivity contribution in [3.63, 3.8) is 0 Å². The molecule has 1 unspecified atom stereocenters. The van der Waals surface area contributed by atoms with Gasteiger partial charge in [-0.05, 0) is 40.2 Å². The fraction of sp³-hybridized carbons (Fsp3) is 0.929. The molecule has 0 bridgehead atoms. The van der Waals surface area contributed by atoms with Crippen molar-refractivity contribution in [3.8, 4) is 0 Å². The van der Waals surface area contributed by atoms with Crippen LogP contribution < -0.4 is 0 Å². The van der Waals surface area contributed by atoms with Crippen molar-refractivity contribution in [1.29, 1.82) is 0 Å². The van der Waals surface area contributed by atoms with Gasteiger partial charge in [-0.3, -0.25) is 9.69 Å². The third kappa shape index (κ3) is 2.41. The first-order valence-electron chi connectivity index (χ1n) is 7.11. The van der Waals surface area contributed by atoms with Crippen LogP contribution in [0.4, 0.5) is 0 Å². The topological polar surface area (TPSA) is 43.8 Å². The summed E-state index contributed by atoms with van der Waals surface area (Å²) in [6.45, 7) is 5.30. The van der Waals surface area contributed by atoms with Crippen LogP contribution in [0.3, 0.4) is 0 Å². The zero-order chi connectivity index (χ0) is 13.3. The molecule has 1 saturated carbocycles. The Kier molecular flexibility index (Phi) is 3.97. The predicted molar refractivity (Wildman–Crippen MR) is 71.3 cm³/mol. The molecule has 1 amide bonds. The summed E-state index contributed by atoms with van der Waals surface area (Å²) in [5, 5.41) is 9.14. The molecule has 0 radical (unpaired) electrons. The first-order valence-corrected chi connectivity index (χ1v) is 7.11. The average Bonchev–Trinajstić information content (AvgIpc) is 2.76. The zero-order valence-corrected chi connectivity index (χ0v) is 11.9. The van der Waals surface area contributed by atoms with E-state index in [1.807, 2.05) is 7.05 Å². The van der Waals surface area contributed by atoms with Gasteiger partial charge in [0.15, 0.2) is 0 Å². The van der Waals surface area contributed by atoms with E-state index < -0.39 is 0 Å². The number of carbonyl (C=O) groups excluding carboxylic acids is 1. The number of aliphatic hydroxyl groups is 1. The van der Waals surface area contributed by atoms with Gasteiger partial charge >= 0.3 is 0 Å². The van der Waals surface area contributed by atoms with Gasteiger partial charge in [0, 0.05) is 19.2 Å². The molecule has 1 N–H and O–H groups in total. The minimum Gasteiger partial charge on any atom is -0.396 e. The van der Waals surface area contributed by atoms with Gasteiger partial charge in [-0.2, -0.15) is 0 Å². The maximum absolute atomic E-state index is 12.7. The Hall–Kier alpha value is -0.610. The number of likely N-dealkylation sites (N-methyl/N-ethyl adjacent to an activating group) is 1. The van der Waals surface area contributed by atoms with Gasteiger partial charge in [0.1, 0.15) is 0 Å². The second kappa shape index (κ2) is 5.17. The van der Waals surface area contributed by atoms with E-state index in [0.717, 1.165) is 19.4 Å². The van der Waals surface area contributed by atoms with Crippen molar-refractivity contribution < 1.29 is 9.90 Å². The van der Waals surface area contributed by atoms with Crippen LogP contribution in [0.1, 0.15) is 46.0 Å². The number of hydrogen-bond donors (Lipinski definition) is 1. The van der Waals surface area contributed by atoms with Crippen molar-refractivity contribution in [2.24, 2.45) is 0 Å². The maximum atomic E-state index is 12.7. The van der Waals surface area contributed by atoms with Gasteiger partial charge in [-0.15, -0.1) is 0 Å². The van der Waals surface area contributed by atoms with Crippen molar-refractivity contribution >= 4 is 5.91 Å². The second-order valence-electron chi connectivity index (χ2n) is 6.40. The van der Waals surface area contributed by atoms with Crippen molar-refractivity contribution in [2.45, 2.75) is 63.6 Å². The monoisotopic (exact) mass is 254 g/mol. The van der Waals surface area contributed by atoms with E-state index in [1.54, 1.807) is 0 Å². The lowest BCUT2D eigenvalue weighted by Crippen LogP contribution is -2.67. The largest absolute Gasteiger partial charge is 0.396 e. The van der Waals surface area contributed by atoms with Crippen LogP contribution in [-0.4, -0.2) is 58.6 Å². The van der Waals surface area contributed by atoms with E-state index in [1.165, 1.54) is 12.8 Å². The lowest BCUT2D eigenvalue weighted by Gasteiger charge is -2.52. The molecule has 1 atom stereocenters. The lowest BCUT2D eigenvalue weighted by atomic mass is 9.91. The predicted octanol–water partition coefficient (Wildman–Crippen LogP) is 1.23. The summed E-state index contributed by atoms with van der Waals surface area (Å²) < 4.78 is 0. The number of amides is 1. The van der Waals surface area contributed by atoms with Crippen molar-refractivity contribution in [1.82, 2.24) is 9.80 Å². The SMILES string of the molecule is CN1CC(C)(C)N(C2CCCC2)C(=O)C1CCO. The summed E-state index contributed by atoms with van der Waals surface area (Å²) in [5.41, 5.74) is -0.0905. The summed E-state index contributed by atoms with van der Waals surface area (Å²) in [5.74, 6) is 0.217. The smallest absolute Gasteiger partial charge is 0.240 e. The first-order chi connectivity index (χ1) is 8.47. The van der Waals surface area contributed by atoms with E-state index >= 15 is 0 Å². The number of nitrogens with zero attached hydrogens (tertiary/aromatic N) is 2. The Bertz CT molecular complexity index is 311.